The third-order valence-electron chi connectivity index (χ3n) is 5.13. The van der Waals surface area contributed by atoms with Gasteiger partial charge < -0.3 is 9.47 Å². The number of quaternary nitrogens is 1. The number of carbonyl (C=O) groups excluding carboxylic acids is 2. The van der Waals surface area contributed by atoms with Crippen molar-refractivity contribution in [2.24, 2.45) is 0 Å². The monoisotopic (exact) mass is 1160 g/mol. The van der Waals surface area contributed by atoms with E-state index in [9.17, 15) is 9.59 Å². The highest BCUT2D eigenvalue weighted by atomic mass is 127. The Kier molecular flexibility index (Phi) is 13.2. The summed E-state index contributed by atoms with van der Waals surface area (Å²) in [6.45, 7) is 3.66. The summed E-state index contributed by atoms with van der Waals surface area (Å²) in [5.41, 5.74) is 3.38. The second-order valence-corrected chi connectivity index (χ2v) is 14.7. The Morgan fingerprint density at radius 1 is 0.722 bits per heavy atom. The van der Waals surface area contributed by atoms with E-state index in [4.69, 9.17) is 9.47 Å². The zero-order valence-electron chi connectivity index (χ0n) is 18.8. The number of hydrogen-bond acceptors (Lipinski definition) is 4. The van der Waals surface area contributed by atoms with E-state index < -0.39 is 0 Å². The first-order valence-corrected chi connectivity index (χ1v) is 17.1. The van der Waals surface area contributed by atoms with Crippen molar-refractivity contribution in [2.75, 3.05) is 26.3 Å². The van der Waals surface area contributed by atoms with Crippen LogP contribution in [0, 0.1) is 28.3 Å². The summed E-state index contributed by atoms with van der Waals surface area (Å²) in [5, 5.41) is 0. The van der Waals surface area contributed by atoms with Crippen molar-refractivity contribution in [1.29, 1.82) is 0 Å². The molecule has 3 rings (SSSR count). The molecule has 0 saturated carbocycles. The van der Waals surface area contributed by atoms with Gasteiger partial charge in [0.15, 0.2) is 0 Å². The standard InChI is InChI=1S/C25H19I6NO4/c1-14-3-2-4-17(9-14)32(5-7-35-24(33)18-10-15(26)12-20(28)22(18)30)6-8-36-25(34)19-11-16(27)13-21(29)23(19)31/h2-4,9-13H,5-8H2,1H3/p+1. The molecule has 0 aliphatic carbocycles. The van der Waals surface area contributed by atoms with E-state index in [1.165, 1.54) is 0 Å². The first kappa shape index (κ1) is 31.5. The lowest BCUT2D eigenvalue weighted by Gasteiger charge is -2.20. The predicted molar refractivity (Wildman–Crippen MR) is 191 cm³/mol. The molecule has 0 radical (unpaired) electrons. The molecule has 0 heterocycles. The lowest BCUT2D eigenvalue weighted by molar-refractivity contribution is -0.833. The van der Waals surface area contributed by atoms with Crippen molar-refractivity contribution < 1.29 is 24.0 Å². The van der Waals surface area contributed by atoms with E-state index in [1.807, 2.05) is 49.4 Å². The maximum absolute atomic E-state index is 12.8. The summed E-state index contributed by atoms with van der Waals surface area (Å²) in [6.07, 6.45) is 0. The number of carbonyl (C=O) groups is 2. The highest BCUT2D eigenvalue weighted by molar-refractivity contribution is 14.1. The Hall–Kier alpha value is 0.940. The Bertz CT molecular complexity index is 1210. The lowest BCUT2D eigenvalue weighted by Crippen LogP contribution is -3.08. The SMILES string of the molecule is Cc1cccc([NH+](CCOC(=O)c2cc(I)cc(I)c2I)CCOC(=O)c2cc(I)cc(I)c2I)c1. The molecule has 0 unspecified atom stereocenters. The molecule has 36 heavy (non-hydrogen) atoms. The smallest absolute Gasteiger partial charge is 0.339 e. The van der Waals surface area contributed by atoms with Crippen molar-refractivity contribution in [2.45, 2.75) is 6.92 Å². The van der Waals surface area contributed by atoms with Gasteiger partial charge >= 0.3 is 11.9 Å². The Balaban J connectivity index is 1.65. The number of benzene rings is 3. The molecule has 3 aromatic carbocycles. The van der Waals surface area contributed by atoms with E-state index >= 15 is 0 Å². The molecule has 0 fully saturated rings. The highest BCUT2D eigenvalue weighted by Crippen LogP contribution is 2.24. The van der Waals surface area contributed by atoms with Gasteiger partial charge in [0.05, 0.1) is 11.1 Å². The number of hydrogen-bond donors (Lipinski definition) is 1. The summed E-state index contributed by atoms with van der Waals surface area (Å²) in [6, 6.07) is 16.0. The van der Waals surface area contributed by atoms with Gasteiger partial charge in [0.1, 0.15) is 32.0 Å². The van der Waals surface area contributed by atoms with E-state index in [0.29, 0.717) is 24.2 Å². The van der Waals surface area contributed by atoms with Crippen LogP contribution < -0.4 is 4.90 Å². The molecule has 0 bridgehead atoms. The van der Waals surface area contributed by atoms with Gasteiger partial charge in [-0.15, -0.1) is 0 Å². The highest BCUT2D eigenvalue weighted by Gasteiger charge is 2.20. The third-order valence-corrected chi connectivity index (χ3v) is 12.5. The number of rotatable bonds is 9. The molecule has 3 aromatic rings. The average molecular weight is 1160 g/mol. The third kappa shape index (κ3) is 8.98. The number of esters is 2. The first-order chi connectivity index (χ1) is 17.1. The fourth-order valence-corrected chi connectivity index (χ4v) is 8.13. The number of nitrogens with one attached hydrogen (secondary N) is 1. The van der Waals surface area contributed by atoms with Gasteiger partial charge in [0.2, 0.25) is 0 Å². The van der Waals surface area contributed by atoms with Gasteiger partial charge in [0.25, 0.3) is 0 Å². The zero-order valence-corrected chi connectivity index (χ0v) is 31.8. The van der Waals surface area contributed by atoms with Crippen LogP contribution in [0.5, 0.6) is 0 Å². The molecular weight excluding hydrogens is 1140 g/mol. The Morgan fingerprint density at radius 2 is 1.19 bits per heavy atom. The molecule has 0 aliphatic rings. The molecule has 190 valence electrons. The summed E-state index contributed by atoms with van der Waals surface area (Å²) in [7, 11) is 0. The average Bonchev–Trinajstić information content (AvgIpc) is 2.82. The van der Waals surface area contributed by atoms with Crippen molar-refractivity contribution in [3.63, 3.8) is 0 Å². The quantitative estimate of drug-likeness (QED) is 0.145. The molecule has 0 spiro atoms. The van der Waals surface area contributed by atoms with E-state index in [-0.39, 0.29) is 25.2 Å². The molecule has 0 atom stereocenters. The van der Waals surface area contributed by atoms with Gasteiger partial charge in [0, 0.05) is 27.5 Å². The molecule has 0 aromatic heterocycles. The van der Waals surface area contributed by atoms with E-state index in [1.54, 1.807) is 0 Å². The topological polar surface area (TPSA) is 57.0 Å². The van der Waals surface area contributed by atoms with Crippen LogP contribution in [0.3, 0.4) is 0 Å². The van der Waals surface area contributed by atoms with Crippen LogP contribution in [0.2, 0.25) is 0 Å². The van der Waals surface area contributed by atoms with E-state index in [2.05, 4.69) is 142 Å². The van der Waals surface area contributed by atoms with Gasteiger partial charge in [-0.05, 0) is 178 Å². The van der Waals surface area contributed by atoms with Gasteiger partial charge in [-0.25, -0.2) is 9.59 Å². The van der Waals surface area contributed by atoms with Crippen LogP contribution in [0.4, 0.5) is 5.69 Å². The second-order valence-electron chi connectivity index (χ2n) is 7.74. The summed E-state index contributed by atoms with van der Waals surface area (Å²) in [5.74, 6) is -0.651. The van der Waals surface area contributed by atoms with E-state index in [0.717, 1.165) is 37.6 Å². The maximum atomic E-state index is 12.8. The minimum absolute atomic E-state index is 0.251. The second kappa shape index (κ2) is 15.1. The molecule has 1 N–H and O–H groups in total. The summed E-state index contributed by atoms with van der Waals surface area (Å²) in [4.78, 5) is 26.6. The minimum Gasteiger partial charge on any atom is -0.456 e. The fourth-order valence-electron chi connectivity index (χ4n) is 3.38. The summed E-state index contributed by atoms with van der Waals surface area (Å²) < 4.78 is 17.2. The Labute approximate surface area is 292 Å². The minimum atomic E-state index is -0.325. The van der Waals surface area contributed by atoms with Gasteiger partial charge in [-0.1, -0.05) is 12.1 Å². The van der Waals surface area contributed by atoms with Crippen LogP contribution in [-0.4, -0.2) is 38.2 Å². The molecule has 11 heteroatoms. The maximum Gasteiger partial charge on any atom is 0.339 e. The molecular formula is C25H20I6NO4+. The lowest BCUT2D eigenvalue weighted by atomic mass is 10.2. The fraction of sp³-hybridized carbons (Fsp3) is 0.200. The van der Waals surface area contributed by atoms with Crippen molar-refractivity contribution in [3.8, 4) is 0 Å². The number of ether oxygens (including phenoxy) is 2. The molecule has 5 nitrogen and oxygen atoms in total. The van der Waals surface area contributed by atoms with Crippen LogP contribution in [0.25, 0.3) is 0 Å². The predicted octanol–water partition coefficient (Wildman–Crippen LogP) is 6.85. The Morgan fingerprint density at radius 3 is 1.64 bits per heavy atom. The number of halogens is 6. The number of aryl methyl sites for hydroxylation is 1. The zero-order chi connectivity index (χ0) is 26.4. The molecule has 0 saturated heterocycles. The van der Waals surface area contributed by atoms with Gasteiger partial charge in [-0.2, -0.15) is 0 Å². The normalized spacial score (nSPS) is 11.0. The van der Waals surface area contributed by atoms with Crippen molar-refractivity contribution in [1.82, 2.24) is 0 Å². The van der Waals surface area contributed by atoms with Gasteiger partial charge in [-0.3, -0.25) is 4.90 Å². The van der Waals surface area contributed by atoms with Crippen molar-refractivity contribution >= 4 is 153 Å². The van der Waals surface area contributed by atoms with Crippen LogP contribution in [0.1, 0.15) is 26.3 Å². The largest absolute Gasteiger partial charge is 0.456 e. The summed E-state index contributed by atoms with van der Waals surface area (Å²) >= 11 is 13.2. The molecule has 0 amide bonds. The first-order valence-electron chi connectivity index (χ1n) is 10.6. The molecule has 0 aliphatic heterocycles. The van der Waals surface area contributed by atoms with Crippen LogP contribution in [-0.2, 0) is 9.47 Å². The van der Waals surface area contributed by atoms with Crippen molar-refractivity contribution in [3.05, 3.63) is 86.6 Å². The van der Waals surface area contributed by atoms with Crippen LogP contribution in [0.15, 0.2) is 48.5 Å². The van der Waals surface area contributed by atoms with Crippen LogP contribution >= 0.6 is 136 Å².